The Morgan fingerprint density at radius 2 is 2.21 bits per heavy atom. The minimum absolute atomic E-state index is 0.0348. The summed E-state index contributed by atoms with van der Waals surface area (Å²) in [5.41, 5.74) is 0. The third kappa shape index (κ3) is 5.35. The quantitative estimate of drug-likeness (QED) is 0.685. The second-order valence-corrected chi connectivity index (χ2v) is 6.96. The number of nitrogens with one attached hydrogen (secondary N) is 1. The van der Waals surface area contributed by atoms with E-state index in [2.05, 4.69) is 5.32 Å². The van der Waals surface area contributed by atoms with Crippen LogP contribution in [0.4, 0.5) is 0 Å². The number of rotatable bonds is 7. The summed E-state index contributed by atoms with van der Waals surface area (Å²) in [5.74, 6) is 0. The molecule has 1 fully saturated rings. The molecule has 0 radical (unpaired) electrons. The zero-order valence-electron chi connectivity index (χ0n) is 12.3. The van der Waals surface area contributed by atoms with Gasteiger partial charge in [-0.05, 0) is 32.9 Å². The van der Waals surface area contributed by atoms with Crippen LogP contribution < -0.4 is 5.32 Å². The summed E-state index contributed by atoms with van der Waals surface area (Å²) in [6.45, 7) is 7.88. The molecular weight excluding hydrogens is 266 g/mol. The van der Waals surface area contributed by atoms with E-state index in [-0.39, 0.29) is 6.10 Å². The van der Waals surface area contributed by atoms with Crippen LogP contribution in [0, 0.1) is 0 Å². The van der Waals surface area contributed by atoms with E-state index in [1.165, 1.54) is 8.61 Å². The molecule has 1 rings (SSSR count). The van der Waals surface area contributed by atoms with Crippen molar-refractivity contribution in [3.05, 3.63) is 0 Å². The zero-order valence-corrected chi connectivity index (χ0v) is 13.1. The molecule has 114 valence electrons. The lowest BCUT2D eigenvalue weighted by Gasteiger charge is -2.27. The van der Waals surface area contributed by atoms with Gasteiger partial charge in [-0.2, -0.15) is 17.0 Å². The second-order valence-electron chi connectivity index (χ2n) is 4.93. The first-order valence-electron chi connectivity index (χ1n) is 7.02. The average Bonchev–Trinajstić information content (AvgIpc) is 2.59. The van der Waals surface area contributed by atoms with Crippen LogP contribution in [0.15, 0.2) is 0 Å². The molecule has 0 aliphatic carbocycles. The number of hydrogen-bond donors (Lipinski definition) is 1. The summed E-state index contributed by atoms with van der Waals surface area (Å²) in [6.07, 6.45) is 1.55. The molecule has 0 aromatic rings. The van der Waals surface area contributed by atoms with E-state index < -0.39 is 10.2 Å². The predicted octanol–water partition coefficient (Wildman–Crippen LogP) is 0.273. The Morgan fingerprint density at radius 3 is 2.89 bits per heavy atom. The van der Waals surface area contributed by atoms with Crippen molar-refractivity contribution < 1.29 is 13.2 Å². The van der Waals surface area contributed by atoms with Crippen LogP contribution in [-0.2, 0) is 14.9 Å². The van der Waals surface area contributed by atoms with Crippen molar-refractivity contribution in [1.29, 1.82) is 0 Å². The standard InChI is InChI=1S/C12H27N3O3S/c1-4-13-7-5-8-14(3)19(16,17)15-9-6-10-18-12(2)11-15/h12-13H,4-11H2,1-3H3. The van der Waals surface area contributed by atoms with Gasteiger partial charge in [0.25, 0.3) is 10.2 Å². The Morgan fingerprint density at radius 1 is 1.47 bits per heavy atom. The minimum Gasteiger partial charge on any atom is -0.377 e. The van der Waals surface area contributed by atoms with Crippen LogP contribution in [-0.4, -0.2) is 69.5 Å². The lowest BCUT2D eigenvalue weighted by atomic mass is 10.4. The largest absolute Gasteiger partial charge is 0.377 e. The van der Waals surface area contributed by atoms with Gasteiger partial charge in [-0.25, -0.2) is 0 Å². The first-order chi connectivity index (χ1) is 8.98. The molecule has 0 aromatic carbocycles. The topological polar surface area (TPSA) is 61.9 Å². The van der Waals surface area contributed by atoms with Crippen molar-refractivity contribution in [2.24, 2.45) is 0 Å². The zero-order chi connectivity index (χ0) is 14.3. The summed E-state index contributed by atoms with van der Waals surface area (Å²) in [4.78, 5) is 0. The van der Waals surface area contributed by atoms with E-state index in [1.807, 2.05) is 13.8 Å². The number of hydrogen-bond acceptors (Lipinski definition) is 4. The molecule has 1 saturated heterocycles. The van der Waals surface area contributed by atoms with Gasteiger partial charge in [0.05, 0.1) is 6.10 Å². The molecule has 1 N–H and O–H groups in total. The van der Waals surface area contributed by atoms with Gasteiger partial charge in [0.1, 0.15) is 0 Å². The number of ether oxygens (including phenoxy) is 1. The highest BCUT2D eigenvalue weighted by atomic mass is 32.2. The van der Waals surface area contributed by atoms with Crippen molar-refractivity contribution in [3.8, 4) is 0 Å². The molecule has 0 aromatic heterocycles. The van der Waals surface area contributed by atoms with E-state index in [0.29, 0.717) is 26.2 Å². The maximum absolute atomic E-state index is 12.4. The highest BCUT2D eigenvalue weighted by Crippen LogP contribution is 2.13. The normalized spacial score (nSPS) is 22.6. The Balaban J connectivity index is 2.52. The summed E-state index contributed by atoms with van der Waals surface area (Å²) in [6, 6.07) is 0. The first-order valence-corrected chi connectivity index (χ1v) is 8.42. The molecule has 1 aliphatic rings. The van der Waals surface area contributed by atoms with Gasteiger partial charge >= 0.3 is 0 Å². The van der Waals surface area contributed by atoms with Gasteiger partial charge < -0.3 is 10.1 Å². The van der Waals surface area contributed by atoms with Gasteiger partial charge in [0, 0.05) is 33.3 Å². The fourth-order valence-corrected chi connectivity index (χ4v) is 3.59. The van der Waals surface area contributed by atoms with Gasteiger partial charge in [-0.1, -0.05) is 6.92 Å². The second kappa shape index (κ2) is 8.16. The molecule has 1 heterocycles. The van der Waals surface area contributed by atoms with Crippen molar-refractivity contribution in [3.63, 3.8) is 0 Å². The molecule has 6 nitrogen and oxygen atoms in total. The van der Waals surface area contributed by atoms with Crippen LogP contribution in [0.5, 0.6) is 0 Å². The molecule has 0 saturated carbocycles. The lowest BCUT2D eigenvalue weighted by Crippen LogP contribution is -2.45. The Labute approximate surface area is 117 Å². The van der Waals surface area contributed by atoms with Crippen molar-refractivity contribution in [2.45, 2.75) is 32.8 Å². The lowest BCUT2D eigenvalue weighted by molar-refractivity contribution is 0.0747. The van der Waals surface area contributed by atoms with Crippen LogP contribution in [0.25, 0.3) is 0 Å². The minimum atomic E-state index is -3.35. The van der Waals surface area contributed by atoms with E-state index in [9.17, 15) is 8.42 Å². The van der Waals surface area contributed by atoms with Gasteiger partial charge in [0.15, 0.2) is 0 Å². The average molecular weight is 293 g/mol. The maximum Gasteiger partial charge on any atom is 0.281 e. The van der Waals surface area contributed by atoms with Crippen molar-refractivity contribution >= 4 is 10.2 Å². The van der Waals surface area contributed by atoms with E-state index >= 15 is 0 Å². The molecule has 0 amide bonds. The first kappa shape index (κ1) is 16.8. The fraction of sp³-hybridized carbons (Fsp3) is 1.00. The maximum atomic E-state index is 12.4. The van der Waals surface area contributed by atoms with Crippen LogP contribution >= 0.6 is 0 Å². The summed E-state index contributed by atoms with van der Waals surface area (Å²) in [7, 11) is -1.70. The van der Waals surface area contributed by atoms with Gasteiger partial charge in [-0.15, -0.1) is 0 Å². The molecule has 0 spiro atoms. The van der Waals surface area contributed by atoms with Crippen LogP contribution in [0.3, 0.4) is 0 Å². The molecule has 19 heavy (non-hydrogen) atoms. The van der Waals surface area contributed by atoms with E-state index in [0.717, 1.165) is 25.9 Å². The fourth-order valence-electron chi connectivity index (χ4n) is 2.08. The van der Waals surface area contributed by atoms with E-state index in [4.69, 9.17) is 4.74 Å². The van der Waals surface area contributed by atoms with E-state index in [1.54, 1.807) is 7.05 Å². The van der Waals surface area contributed by atoms with Gasteiger partial charge in [-0.3, -0.25) is 0 Å². The molecule has 7 heteroatoms. The van der Waals surface area contributed by atoms with Gasteiger partial charge in [0.2, 0.25) is 0 Å². The van der Waals surface area contributed by atoms with Crippen molar-refractivity contribution in [1.82, 2.24) is 13.9 Å². The van der Waals surface area contributed by atoms with Crippen molar-refractivity contribution in [2.75, 3.05) is 46.4 Å². The summed E-state index contributed by atoms with van der Waals surface area (Å²) >= 11 is 0. The summed E-state index contributed by atoms with van der Waals surface area (Å²) < 4.78 is 33.3. The molecular formula is C12H27N3O3S. The Hall–Kier alpha value is -0.210. The molecule has 1 atom stereocenters. The SMILES string of the molecule is CCNCCCN(C)S(=O)(=O)N1CCCOC(C)C1. The summed E-state index contributed by atoms with van der Waals surface area (Å²) in [5, 5.41) is 3.20. The molecule has 1 unspecified atom stereocenters. The monoisotopic (exact) mass is 293 g/mol. The third-order valence-electron chi connectivity index (χ3n) is 3.21. The highest BCUT2D eigenvalue weighted by Gasteiger charge is 2.29. The molecule has 1 aliphatic heterocycles. The number of nitrogens with zero attached hydrogens (tertiary/aromatic N) is 2. The Kier molecular flexibility index (Phi) is 7.23. The Bertz CT molecular complexity index is 348. The molecule has 0 bridgehead atoms. The van der Waals surface area contributed by atoms with Crippen LogP contribution in [0.2, 0.25) is 0 Å². The third-order valence-corrected chi connectivity index (χ3v) is 5.17. The smallest absolute Gasteiger partial charge is 0.281 e. The highest BCUT2D eigenvalue weighted by molar-refractivity contribution is 7.86. The van der Waals surface area contributed by atoms with Crippen LogP contribution in [0.1, 0.15) is 26.7 Å². The predicted molar refractivity (Wildman–Crippen MR) is 76.3 cm³/mol.